The number of halogens is 1. The fourth-order valence-corrected chi connectivity index (χ4v) is 2.53. The average molecular weight is 288 g/mol. The second-order valence-electron chi connectivity index (χ2n) is 5.21. The molecule has 1 unspecified atom stereocenters. The molecule has 3 rings (SSSR count). The van der Waals surface area contributed by atoms with Gasteiger partial charge in [-0.15, -0.1) is 0 Å². The van der Waals surface area contributed by atoms with Gasteiger partial charge in [0.05, 0.1) is 25.2 Å². The molecule has 0 saturated heterocycles. The lowest BCUT2D eigenvalue weighted by Crippen LogP contribution is -2.13. The molecule has 1 aliphatic heterocycles. The van der Waals surface area contributed by atoms with Crippen LogP contribution in [0.15, 0.2) is 42.5 Å². The molecule has 1 aliphatic rings. The highest BCUT2D eigenvalue weighted by Crippen LogP contribution is 2.34. The summed E-state index contributed by atoms with van der Waals surface area (Å²) in [4.78, 5) is 0. The summed E-state index contributed by atoms with van der Waals surface area (Å²) in [6.07, 6.45) is -0.775. The van der Waals surface area contributed by atoms with Crippen molar-refractivity contribution in [1.82, 2.24) is 0 Å². The Morgan fingerprint density at radius 2 is 2.14 bits per heavy atom. The first-order valence-corrected chi connectivity index (χ1v) is 6.97. The molecule has 0 spiro atoms. The van der Waals surface area contributed by atoms with Crippen molar-refractivity contribution in [1.29, 1.82) is 0 Å². The molecule has 21 heavy (non-hydrogen) atoms. The van der Waals surface area contributed by atoms with Crippen LogP contribution in [0.2, 0.25) is 0 Å². The van der Waals surface area contributed by atoms with Crippen LogP contribution in [0.5, 0.6) is 11.5 Å². The molecule has 2 atom stereocenters. The average Bonchev–Trinajstić information content (AvgIpc) is 2.89. The molecule has 2 aromatic rings. The Hall–Kier alpha value is -2.07. The van der Waals surface area contributed by atoms with Crippen molar-refractivity contribution in [3.8, 4) is 11.5 Å². The van der Waals surface area contributed by atoms with Gasteiger partial charge in [-0.3, -0.25) is 0 Å². The second-order valence-corrected chi connectivity index (χ2v) is 5.21. The number of fused-ring (bicyclic) bond motifs is 1. The minimum atomic E-state index is -0.775. The maximum Gasteiger partial charge on any atom is 0.125 e. The monoisotopic (exact) mass is 288 g/mol. The predicted octanol–water partition coefficient (Wildman–Crippen LogP) is 3.43. The van der Waals surface area contributed by atoms with Crippen molar-refractivity contribution >= 4 is 0 Å². The van der Waals surface area contributed by atoms with Gasteiger partial charge in [0, 0.05) is 11.1 Å². The Morgan fingerprint density at radius 1 is 1.33 bits per heavy atom. The van der Waals surface area contributed by atoms with E-state index in [1.165, 1.54) is 12.1 Å². The van der Waals surface area contributed by atoms with Crippen molar-refractivity contribution in [2.45, 2.75) is 18.9 Å². The van der Waals surface area contributed by atoms with Crippen molar-refractivity contribution in [3.05, 3.63) is 59.4 Å². The molecule has 1 heterocycles. The summed E-state index contributed by atoms with van der Waals surface area (Å²) >= 11 is 0. The van der Waals surface area contributed by atoms with E-state index >= 15 is 0 Å². The second kappa shape index (κ2) is 5.74. The van der Waals surface area contributed by atoms with Gasteiger partial charge in [-0.05, 0) is 31.2 Å². The van der Waals surface area contributed by atoms with Crippen molar-refractivity contribution in [3.63, 3.8) is 0 Å². The standard InChI is InChI=1S/C17H17FO3/c1-11(19)15-8-13(18)6-7-17(15)21-10-12-9-20-16-5-3-2-4-14(12)16/h2-8,11-12,19H,9-10H2,1H3/t11-,12?/m0/s1. The number of aliphatic hydroxyl groups excluding tert-OH is 1. The summed E-state index contributed by atoms with van der Waals surface area (Å²) in [5, 5.41) is 9.71. The smallest absolute Gasteiger partial charge is 0.125 e. The molecule has 2 aromatic carbocycles. The number of hydrogen-bond acceptors (Lipinski definition) is 3. The molecule has 3 nitrogen and oxygen atoms in total. The molecule has 0 bridgehead atoms. The highest BCUT2D eigenvalue weighted by atomic mass is 19.1. The zero-order chi connectivity index (χ0) is 14.8. The Labute approximate surface area is 122 Å². The number of aliphatic hydroxyl groups is 1. The summed E-state index contributed by atoms with van der Waals surface area (Å²) in [7, 11) is 0. The fraction of sp³-hybridized carbons (Fsp3) is 0.294. The van der Waals surface area contributed by atoms with Gasteiger partial charge in [-0.1, -0.05) is 18.2 Å². The van der Waals surface area contributed by atoms with Crippen LogP contribution in [0.4, 0.5) is 4.39 Å². The Morgan fingerprint density at radius 3 is 2.95 bits per heavy atom. The largest absolute Gasteiger partial charge is 0.493 e. The number of hydrogen-bond donors (Lipinski definition) is 1. The zero-order valence-electron chi connectivity index (χ0n) is 11.8. The topological polar surface area (TPSA) is 38.7 Å². The summed E-state index contributed by atoms with van der Waals surface area (Å²) in [5.74, 6) is 1.16. The first-order chi connectivity index (χ1) is 10.1. The summed E-state index contributed by atoms with van der Waals surface area (Å²) in [6, 6.07) is 12.1. The van der Waals surface area contributed by atoms with Crippen molar-refractivity contribution in [2.75, 3.05) is 13.2 Å². The van der Waals surface area contributed by atoms with Crippen LogP contribution in [0.1, 0.15) is 30.1 Å². The summed E-state index contributed by atoms with van der Waals surface area (Å²) in [6.45, 7) is 2.60. The molecule has 0 fully saturated rings. The number of ether oxygens (including phenoxy) is 2. The van der Waals surface area contributed by atoms with Crippen molar-refractivity contribution in [2.24, 2.45) is 0 Å². The third kappa shape index (κ3) is 2.85. The number of benzene rings is 2. The molecule has 0 aromatic heterocycles. The summed E-state index contributed by atoms with van der Waals surface area (Å²) < 4.78 is 24.7. The normalized spacial score (nSPS) is 18.0. The van der Waals surface area contributed by atoms with Gasteiger partial charge in [-0.25, -0.2) is 4.39 Å². The molecular formula is C17H17FO3. The lowest BCUT2D eigenvalue weighted by atomic mass is 10.0. The lowest BCUT2D eigenvalue weighted by Gasteiger charge is -2.16. The first-order valence-electron chi connectivity index (χ1n) is 6.97. The van der Waals surface area contributed by atoms with E-state index in [1.54, 1.807) is 13.0 Å². The van der Waals surface area contributed by atoms with E-state index in [1.807, 2.05) is 24.3 Å². The summed E-state index contributed by atoms with van der Waals surface area (Å²) in [5.41, 5.74) is 1.58. The van der Waals surface area contributed by atoms with Crippen LogP contribution >= 0.6 is 0 Å². The van der Waals surface area contributed by atoms with Gasteiger partial charge in [0.2, 0.25) is 0 Å². The highest BCUT2D eigenvalue weighted by Gasteiger charge is 2.24. The highest BCUT2D eigenvalue weighted by molar-refractivity contribution is 5.40. The maximum absolute atomic E-state index is 13.3. The van der Waals surface area contributed by atoms with E-state index in [4.69, 9.17) is 9.47 Å². The van der Waals surface area contributed by atoms with Gasteiger partial charge in [0.15, 0.2) is 0 Å². The molecular weight excluding hydrogens is 271 g/mol. The quantitative estimate of drug-likeness (QED) is 0.936. The minimum Gasteiger partial charge on any atom is -0.493 e. The van der Waals surface area contributed by atoms with Gasteiger partial charge < -0.3 is 14.6 Å². The molecule has 4 heteroatoms. The van der Waals surface area contributed by atoms with Gasteiger partial charge in [0.25, 0.3) is 0 Å². The third-order valence-corrected chi connectivity index (χ3v) is 3.66. The van der Waals surface area contributed by atoms with E-state index in [-0.39, 0.29) is 11.7 Å². The third-order valence-electron chi connectivity index (χ3n) is 3.66. The Kier molecular flexibility index (Phi) is 3.80. The molecule has 110 valence electrons. The van der Waals surface area contributed by atoms with Crippen LogP contribution in [0.25, 0.3) is 0 Å². The molecule has 0 aliphatic carbocycles. The predicted molar refractivity (Wildman–Crippen MR) is 77.2 cm³/mol. The Balaban J connectivity index is 1.75. The van der Waals surface area contributed by atoms with Gasteiger partial charge in [0.1, 0.15) is 17.3 Å². The zero-order valence-corrected chi connectivity index (χ0v) is 11.8. The fourth-order valence-electron chi connectivity index (χ4n) is 2.53. The van der Waals surface area contributed by atoms with E-state index in [0.29, 0.717) is 24.5 Å². The van der Waals surface area contributed by atoms with E-state index in [2.05, 4.69) is 0 Å². The minimum absolute atomic E-state index is 0.146. The van der Waals surface area contributed by atoms with Gasteiger partial charge in [-0.2, -0.15) is 0 Å². The molecule has 0 saturated carbocycles. The van der Waals surface area contributed by atoms with Crippen LogP contribution in [0, 0.1) is 5.82 Å². The Bertz CT molecular complexity index is 640. The van der Waals surface area contributed by atoms with Crippen LogP contribution < -0.4 is 9.47 Å². The molecule has 1 N–H and O–H groups in total. The van der Waals surface area contributed by atoms with E-state index in [9.17, 15) is 9.50 Å². The number of para-hydroxylation sites is 1. The van der Waals surface area contributed by atoms with E-state index < -0.39 is 6.10 Å². The van der Waals surface area contributed by atoms with E-state index in [0.717, 1.165) is 11.3 Å². The molecule has 0 radical (unpaired) electrons. The number of rotatable bonds is 4. The lowest BCUT2D eigenvalue weighted by molar-refractivity contribution is 0.187. The van der Waals surface area contributed by atoms with Crippen LogP contribution in [-0.4, -0.2) is 18.3 Å². The van der Waals surface area contributed by atoms with Crippen LogP contribution in [-0.2, 0) is 0 Å². The van der Waals surface area contributed by atoms with Crippen LogP contribution in [0.3, 0.4) is 0 Å². The first kappa shape index (κ1) is 13.9. The van der Waals surface area contributed by atoms with Crippen molar-refractivity contribution < 1.29 is 19.0 Å². The van der Waals surface area contributed by atoms with Gasteiger partial charge >= 0.3 is 0 Å². The SMILES string of the molecule is C[C@H](O)c1cc(F)ccc1OCC1COc2ccccc21. The molecule has 0 amide bonds. The maximum atomic E-state index is 13.3.